The number of nitrogens with zero attached hydrogens (tertiary/aromatic N) is 2. The van der Waals surface area contributed by atoms with Gasteiger partial charge in [0.05, 0.1) is 19.8 Å². The van der Waals surface area contributed by atoms with Gasteiger partial charge in [0.1, 0.15) is 5.75 Å². The molecule has 3 aliphatic rings. The van der Waals surface area contributed by atoms with Crippen molar-refractivity contribution < 1.29 is 9.47 Å². The lowest BCUT2D eigenvalue weighted by Gasteiger charge is -2.43. The second-order valence-corrected chi connectivity index (χ2v) is 12.9. The normalized spacial score (nSPS) is 21.5. The highest BCUT2D eigenvalue weighted by atomic mass is 16.5. The zero-order valence-electron chi connectivity index (χ0n) is 28.5. The third-order valence-corrected chi connectivity index (χ3v) is 9.91. The van der Waals surface area contributed by atoms with E-state index in [4.69, 9.17) is 14.9 Å². The number of aryl methyl sites for hydroxylation is 1. The molecule has 1 N–H and O–H groups in total. The van der Waals surface area contributed by atoms with Crippen LogP contribution < -0.4 is 9.47 Å². The van der Waals surface area contributed by atoms with Crippen molar-refractivity contribution in [1.29, 1.82) is 5.41 Å². The van der Waals surface area contributed by atoms with E-state index in [0.29, 0.717) is 24.1 Å². The van der Waals surface area contributed by atoms with Gasteiger partial charge in [-0.05, 0) is 142 Å². The summed E-state index contributed by atoms with van der Waals surface area (Å²) in [5, 5.41) is 8.67. The molecule has 2 unspecified atom stereocenters. The Hall–Kier alpha value is -4.22. The zero-order valence-corrected chi connectivity index (χ0v) is 28.5. The van der Waals surface area contributed by atoms with Gasteiger partial charge >= 0.3 is 0 Å². The maximum atomic E-state index is 8.67. The predicted octanol–water partition coefficient (Wildman–Crippen LogP) is 9.35. The second-order valence-electron chi connectivity index (χ2n) is 12.9. The number of benzene rings is 1. The summed E-state index contributed by atoms with van der Waals surface area (Å²) in [5.74, 6) is 2.21. The minimum absolute atomic E-state index is 0.0829. The second kappa shape index (κ2) is 14.0. The van der Waals surface area contributed by atoms with Crippen LogP contribution >= 0.6 is 0 Å². The highest BCUT2D eigenvalue weighted by molar-refractivity contribution is 6.21. The van der Waals surface area contributed by atoms with Gasteiger partial charge in [0.25, 0.3) is 0 Å². The number of hydrogen-bond donors (Lipinski definition) is 1. The molecule has 5 heteroatoms. The van der Waals surface area contributed by atoms with E-state index in [1.165, 1.54) is 39.0 Å². The third kappa shape index (κ3) is 6.52. The van der Waals surface area contributed by atoms with Gasteiger partial charge in [-0.1, -0.05) is 42.5 Å². The molecule has 2 atom stereocenters. The summed E-state index contributed by atoms with van der Waals surface area (Å²) in [6.07, 6.45) is 11.4. The maximum Gasteiger partial charge on any atom is 0.213 e. The van der Waals surface area contributed by atoms with Crippen LogP contribution in [0.4, 0.5) is 0 Å². The summed E-state index contributed by atoms with van der Waals surface area (Å²) in [6, 6.07) is 10.5. The van der Waals surface area contributed by atoms with Crippen LogP contribution in [0.15, 0.2) is 108 Å². The molecule has 0 spiro atoms. The summed E-state index contributed by atoms with van der Waals surface area (Å²) in [4.78, 5) is 6.88. The van der Waals surface area contributed by atoms with Crippen molar-refractivity contribution >= 4 is 16.9 Å². The van der Waals surface area contributed by atoms with Crippen LogP contribution in [-0.2, 0) is 0 Å². The lowest BCUT2D eigenvalue weighted by atomic mass is 9.77. The van der Waals surface area contributed by atoms with E-state index in [2.05, 4.69) is 86.8 Å². The molecule has 0 amide bonds. The van der Waals surface area contributed by atoms with Crippen LogP contribution in [0.2, 0.25) is 0 Å². The first kappa shape index (κ1) is 33.2. The summed E-state index contributed by atoms with van der Waals surface area (Å²) in [7, 11) is 1.62. The first-order chi connectivity index (χ1) is 22.1. The van der Waals surface area contributed by atoms with Crippen LogP contribution in [0.5, 0.6) is 11.6 Å². The molecule has 240 valence electrons. The molecule has 5 nitrogen and oxygen atoms in total. The highest BCUT2D eigenvalue weighted by Crippen LogP contribution is 2.46. The fourth-order valence-corrected chi connectivity index (χ4v) is 7.51. The van der Waals surface area contributed by atoms with E-state index in [1.54, 1.807) is 13.3 Å². The van der Waals surface area contributed by atoms with E-state index < -0.39 is 0 Å². The quantitative estimate of drug-likeness (QED) is 0.214. The molecule has 1 aromatic carbocycles. The molecule has 0 radical (unpaired) electrons. The van der Waals surface area contributed by atoms with Crippen molar-refractivity contribution in [2.45, 2.75) is 59.9 Å². The van der Waals surface area contributed by atoms with E-state index in [9.17, 15) is 0 Å². The van der Waals surface area contributed by atoms with Crippen molar-refractivity contribution in [3.05, 3.63) is 125 Å². The minimum Gasteiger partial charge on any atom is -0.494 e. The van der Waals surface area contributed by atoms with Crippen molar-refractivity contribution in [3.8, 4) is 11.6 Å². The monoisotopic (exact) mass is 615 g/mol. The molecule has 46 heavy (non-hydrogen) atoms. The Bertz CT molecular complexity index is 1690. The molecule has 1 aromatic heterocycles. The van der Waals surface area contributed by atoms with Gasteiger partial charge in [-0.2, -0.15) is 0 Å². The molecule has 2 aliphatic carbocycles. The van der Waals surface area contributed by atoms with E-state index in [-0.39, 0.29) is 12.0 Å². The van der Waals surface area contributed by atoms with Gasteiger partial charge < -0.3 is 14.9 Å². The van der Waals surface area contributed by atoms with Gasteiger partial charge in [0.15, 0.2) is 0 Å². The molecule has 1 fully saturated rings. The number of nitrogens with one attached hydrogen (secondary N) is 1. The van der Waals surface area contributed by atoms with E-state index in [0.717, 1.165) is 60.4 Å². The minimum atomic E-state index is 0.0829. The maximum absolute atomic E-state index is 8.67. The Balaban J connectivity index is 1.38. The van der Waals surface area contributed by atoms with Crippen LogP contribution in [0, 0.1) is 24.2 Å². The third-order valence-electron chi connectivity index (χ3n) is 9.91. The molecular weight excluding hydrogens is 566 g/mol. The SMILES string of the molecule is C=CC1C(C2CCN(C3C(=C)CC(=C)C(C)=C3C=C(C(C)=N)c3ccnc(OC)c3)CC2)=CC(C)=C1c1ccc(OCC)c(C)c1. The fraction of sp³-hybridized carbons (Fsp3) is 0.366. The first-order valence-electron chi connectivity index (χ1n) is 16.4. The Morgan fingerprint density at radius 2 is 1.85 bits per heavy atom. The number of pyridine rings is 1. The molecule has 2 heterocycles. The number of piperidine rings is 1. The molecule has 0 saturated carbocycles. The molecule has 1 aliphatic heterocycles. The van der Waals surface area contributed by atoms with Crippen molar-refractivity contribution in [2.24, 2.45) is 11.8 Å². The molecule has 5 rings (SSSR count). The number of allylic oxidation sites excluding steroid dienone is 8. The average Bonchev–Trinajstić information content (AvgIpc) is 3.38. The van der Waals surface area contributed by atoms with Crippen molar-refractivity contribution in [3.63, 3.8) is 0 Å². The van der Waals surface area contributed by atoms with Crippen LogP contribution in [0.25, 0.3) is 11.1 Å². The zero-order chi connectivity index (χ0) is 33.1. The number of aromatic nitrogens is 1. The largest absolute Gasteiger partial charge is 0.494 e. The number of rotatable bonds is 10. The molecular formula is C41H49N3O2. The smallest absolute Gasteiger partial charge is 0.213 e. The first-order valence-corrected chi connectivity index (χ1v) is 16.4. The molecule has 1 saturated heterocycles. The van der Waals surface area contributed by atoms with Gasteiger partial charge in [-0.15, -0.1) is 6.58 Å². The summed E-state index contributed by atoms with van der Waals surface area (Å²) in [5.41, 5.74) is 13.5. The summed E-state index contributed by atoms with van der Waals surface area (Å²) < 4.78 is 11.2. The van der Waals surface area contributed by atoms with Gasteiger partial charge in [-0.25, -0.2) is 4.98 Å². The Kier molecular flexibility index (Phi) is 10.1. The van der Waals surface area contributed by atoms with Crippen LogP contribution in [0.3, 0.4) is 0 Å². The van der Waals surface area contributed by atoms with Gasteiger partial charge in [-0.3, -0.25) is 4.90 Å². The summed E-state index contributed by atoms with van der Waals surface area (Å²) in [6.45, 7) is 26.3. The van der Waals surface area contributed by atoms with Crippen molar-refractivity contribution in [2.75, 3.05) is 26.8 Å². The predicted molar refractivity (Wildman–Crippen MR) is 193 cm³/mol. The average molecular weight is 616 g/mol. The van der Waals surface area contributed by atoms with Gasteiger partial charge in [0, 0.05) is 29.5 Å². The Morgan fingerprint density at radius 3 is 2.48 bits per heavy atom. The van der Waals surface area contributed by atoms with Crippen LogP contribution in [-0.4, -0.2) is 48.4 Å². The number of ether oxygens (including phenoxy) is 2. The fourth-order valence-electron chi connectivity index (χ4n) is 7.51. The van der Waals surface area contributed by atoms with Crippen LogP contribution in [0.1, 0.15) is 63.6 Å². The Morgan fingerprint density at radius 1 is 1.11 bits per heavy atom. The van der Waals surface area contributed by atoms with Crippen molar-refractivity contribution in [1.82, 2.24) is 9.88 Å². The van der Waals surface area contributed by atoms with E-state index >= 15 is 0 Å². The van der Waals surface area contributed by atoms with Gasteiger partial charge in [0.2, 0.25) is 5.88 Å². The lowest BCUT2D eigenvalue weighted by molar-refractivity contribution is 0.174. The summed E-state index contributed by atoms with van der Waals surface area (Å²) >= 11 is 0. The lowest BCUT2D eigenvalue weighted by Crippen LogP contribution is -2.45. The standard InChI is InChI=1S/C41H49N3O2/c1-10-34-37(22-27(5)40(34)33-12-13-38(46-11-2)26(4)21-33)31-15-18-44(19-16-31)41-28(6)20-25(3)29(7)35(41)24-36(30(8)42)32-14-17-43-39(23-32)45-9/h10,12-14,17,21-24,31,34,41-42H,1,3,6,11,15-16,18-20H2,2,4-5,7-9H3. The molecule has 0 bridgehead atoms. The van der Waals surface area contributed by atoms with E-state index in [1.807, 2.05) is 26.0 Å². The highest BCUT2D eigenvalue weighted by Gasteiger charge is 2.36. The number of likely N-dealkylation sites (tertiary alicyclic amines) is 1. The Labute approximate surface area is 275 Å². The molecule has 2 aromatic rings. The number of methoxy groups -OCH3 is 1. The number of hydrogen-bond acceptors (Lipinski definition) is 5. The topological polar surface area (TPSA) is 58.4 Å².